The predicted molar refractivity (Wildman–Crippen MR) is 137 cm³/mol. The summed E-state index contributed by atoms with van der Waals surface area (Å²) in [6, 6.07) is 35.8. The molecule has 0 saturated heterocycles. The Hall–Kier alpha value is -3.72. The molecule has 3 nitrogen and oxygen atoms in total. The zero-order chi connectivity index (χ0) is 23.4. The van der Waals surface area contributed by atoms with Gasteiger partial charge in [0.25, 0.3) is 0 Å². The van der Waals surface area contributed by atoms with E-state index in [1.54, 1.807) is 24.5 Å². The van der Waals surface area contributed by atoms with Gasteiger partial charge >= 0.3 is 5.97 Å². The lowest BCUT2D eigenvalue weighted by molar-refractivity contribution is 0.0495. The van der Waals surface area contributed by atoms with Crippen LogP contribution in [0, 0.1) is 0 Å². The van der Waals surface area contributed by atoms with Gasteiger partial charge in [-0.3, -0.25) is 4.98 Å². The van der Waals surface area contributed by atoms with E-state index in [4.69, 9.17) is 4.74 Å². The molecule has 0 saturated carbocycles. The zero-order valence-electron chi connectivity index (χ0n) is 19.4. The van der Waals surface area contributed by atoms with Crippen LogP contribution in [0.15, 0.2) is 116 Å². The summed E-state index contributed by atoms with van der Waals surface area (Å²) in [5.74, 6) is 0.398. The first-order chi connectivity index (χ1) is 16.8. The van der Waals surface area contributed by atoms with Crippen molar-refractivity contribution >= 4 is 5.97 Å². The quantitative estimate of drug-likeness (QED) is 0.179. The van der Waals surface area contributed by atoms with Crippen molar-refractivity contribution in [3.63, 3.8) is 0 Å². The van der Waals surface area contributed by atoms with Crippen molar-refractivity contribution in [2.75, 3.05) is 6.61 Å². The van der Waals surface area contributed by atoms with Crippen LogP contribution in [0.3, 0.4) is 0 Å². The summed E-state index contributed by atoms with van der Waals surface area (Å²) in [5.41, 5.74) is 4.55. The largest absolute Gasteiger partial charge is 0.462 e. The highest BCUT2D eigenvalue weighted by molar-refractivity contribution is 5.88. The predicted octanol–water partition coefficient (Wildman–Crippen LogP) is 7.22. The van der Waals surface area contributed by atoms with Gasteiger partial charge in [-0.15, -0.1) is 0 Å². The van der Waals surface area contributed by atoms with Crippen molar-refractivity contribution in [2.24, 2.45) is 0 Å². The third-order valence-electron chi connectivity index (χ3n) is 6.32. The van der Waals surface area contributed by atoms with Gasteiger partial charge in [-0.05, 0) is 66.3 Å². The molecule has 0 spiro atoms. The molecule has 2 unspecified atom stereocenters. The highest BCUT2D eigenvalue weighted by Gasteiger charge is 2.24. The summed E-state index contributed by atoms with van der Waals surface area (Å²) in [7, 11) is 0. The minimum atomic E-state index is -0.312. The Balaban J connectivity index is 1.49. The Kier molecular flexibility index (Phi) is 8.62. The molecular formula is C31H31NO2. The molecule has 4 rings (SSSR count). The fraction of sp³-hybridized carbons (Fsp3) is 0.226. The van der Waals surface area contributed by atoms with E-state index in [-0.39, 0.29) is 5.97 Å². The second-order valence-electron chi connectivity index (χ2n) is 8.58. The maximum Gasteiger partial charge on any atom is 0.339 e. The summed E-state index contributed by atoms with van der Waals surface area (Å²) in [6.07, 6.45) is 7.03. The van der Waals surface area contributed by atoms with Crippen LogP contribution in [0.1, 0.15) is 58.1 Å². The molecule has 1 heterocycles. The van der Waals surface area contributed by atoms with Crippen molar-refractivity contribution in [1.29, 1.82) is 0 Å². The van der Waals surface area contributed by atoms with Crippen LogP contribution in [0.2, 0.25) is 0 Å². The SMILES string of the molecule is O=C(OCCCC(c1ccccc1)C(CCc1ccccc1)c1ccccc1)c1cccnc1. The highest BCUT2D eigenvalue weighted by Crippen LogP contribution is 2.39. The van der Waals surface area contributed by atoms with Gasteiger partial charge in [0.1, 0.15) is 0 Å². The van der Waals surface area contributed by atoms with Gasteiger partial charge in [0.05, 0.1) is 12.2 Å². The molecule has 0 aliphatic heterocycles. The zero-order valence-corrected chi connectivity index (χ0v) is 19.4. The van der Waals surface area contributed by atoms with E-state index in [2.05, 4.69) is 96.0 Å². The fourth-order valence-corrected chi connectivity index (χ4v) is 4.60. The number of esters is 1. The number of pyridine rings is 1. The lowest BCUT2D eigenvalue weighted by atomic mass is 9.76. The third kappa shape index (κ3) is 6.64. The third-order valence-corrected chi connectivity index (χ3v) is 6.32. The Bertz CT molecular complexity index is 1120. The van der Waals surface area contributed by atoms with E-state index in [0.717, 1.165) is 25.7 Å². The molecule has 4 aromatic rings. The van der Waals surface area contributed by atoms with E-state index < -0.39 is 0 Å². The molecule has 3 aromatic carbocycles. The molecule has 0 amide bonds. The van der Waals surface area contributed by atoms with Gasteiger partial charge in [0, 0.05) is 12.4 Å². The molecule has 34 heavy (non-hydrogen) atoms. The summed E-state index contributed by atoms with van der Waals surface area (Å²) >= 11 is 0. The number of rotatable bonds is 11. The van der Waals surface area contributed by atoms with Crippen molar-refractivity contribution < 1.29 is 9.53 Å². The Labute approximate surface area is 202 Å². The molecular weight excluding hydrogens is 418 g/mol. The molecule has 0 aliphatic carbocycles. The summed E-state index contributed by atoms with van der Waals surface area (Å²) < 4.78 is 5.55. The number of hydrogen-bond donors (Lipinski definition) is 0. The van der Waals surface area contributed by atoms with Gasteiger partial charge in [-0.25, -0.2) is 4.79 Å². The maximum absolute atomic E-state index is 12.3. The number of hydrogen-bond acceptors (Lipinski definition) is 3. The number of carbonyl (C=O) groups is 1. The van der Waals surface area contributed by atoms with Crippen LogP contribution in [0.5, 0.6) is 0 Å². The van der Waals surface area contributed by atoms with Gasteiger partial charge in [-0.1, -0.05) is 91.0 Å². The van der Waals surface area contributed by atoms with Gasteiger partial charge < -0.3 is 4.74 Å². The summed E-state index contributed by atoms with van der Waals surface area (Å²) in [5, 5.41) is 0. The summed E-state index contributed by atoms with van der Waals surface area (Å²) in [6.45, 7) is 0.400. The monoisotopic (exact) mass is 449 g/mol. The minimum absolute atomic E-state index is 0.312. The maximum atomic E-state index is 12.3. The number of benzene rings is 3. The Morgan fingerprint density at radius 1 is 0.706 bits per heavy atom. The van der Waals surface area contributed by atoms with Gasteiger partial charge in [0.15, 0.2) is 0 Å². The molecule has 2 atom stereocenters. The van der Waals surface area contributed by atoms with Crippen molar-refractivity contribution in [3.8, 4) is 0 Å². The minimum Gasteiger partial charge on any atom is -0.462 e. The van der Waals surface area contributed by atoms with Crippen LogP contribution in [0.25, 0.3) is 0 Å². The van der Waals surface area contributed by atoms with E-state index in [0.29, 0.717) is 24.0 Å². The van der Waals surface area contributed by atoms with Crippen LogP contribution in [-0.2, 0) is 11.2 Å². The number of nitrogens with zero attached hydrogens (tertiary/aromatic N) is 1. The second kappa shape index (κ2) is 12.5. The first kappa shape index (κ1) is 23.4. The fourth-order valence-electron chi connectivity index (χ4n) is 4.60. The normalized spacial score (nSPS) is 12.6. The first-order valence-electron chi connectivity index (χ1n) is 12.0. The second-order valence-corrected chi connectivity index (χ2v) is 8.58. The number of carbonyl (C=O) groups excluding carboxylic acids is 1. The van der Waals surface area contributed by atoms with Crippen molar-refractivity contribution in [1.82, 2.24) is 4.98 Å². The van der Waals surface area contributed by atoms with Crippen molar-refractivity contribution in [3.05, 3.63) is 138 Å². The average molecular weight is 450 g/mol. The molecule has 0 bridgehead atoms. The highest BCUT2D eigenvalue weighted by atomic mass is 16.5. The van der Waals surface area contributed by atoms with Gasteiger partial charge in [0.2, 0.25) is 0 Å². The van der Waals surface area contributed by atoms with Crippen LogP contribution < -0.4 is 0 Å². The first-order valence-corrected chi connectivity index (χ1v) is 12.0. The number of aryl methyl sites for hydroxylation is 1. The van der Waals surface area contributed by atoms with Crippen LogP contribution >= 0.6 is 0 Å². The average Bonchev–Trinajstić information content (AvgIpc) is 2.92. The molecule has 0 aliphatic rings. The molecule has 0 radical (unpaired) electrons. The molecule has 0 N–H and O–H groups in total. The standard InChI is InChI=1S/C31H31NO2/c33-31(28-18-10-22-32-24-28)34-23-11-19-29(26-14-6-2-7-15-26)30(27-16-8-3-9-17-27)21-20-25-12-4-1-5-13-25/h1-10,12-18,22,24,29-30H,11,19-21,23H2. The molecule has 1 aromatic heterocycles. The van der Waals surface area contributed by atoms with E-state index >= 15 is 0 Å². The summed E-state index contributed by atoms with van der Waals surface area (Å²) in [4.78, 5) is 16.3. The molecule has 172 valence electrons. The van der Waals surface area contributed by atoms with Crippen LogP contribution in [-0.4, -0.2) is 17.6 Å². The molecule has 3 heteroatoms. The smallest absolute Gasteiger partial charge is 0.339 e. The molecule has 0 fully saturated rings. The number of ether oxygens (including phenoxy) is 1. The van der Waals surface area contributed by atoms with E-state index in [1.807, 2.05) is 0 Å². The van der Waals surface area contributed by atoms with Gasteiger partial charge in [-0.2, -0.15) is 0 Å². The topological polar surface area (TPSA) is 39.2 Å². The number of aromatic nitrogens is 1. The van der Waals surface area contributed by atoms with Crippen molar-refractivity contribution in [2.45, 2.75) is 37.5 Å². The Morgan fingerprint density at radius 2 is 1.29 bits per heavy atom. The van der Waals surface area contributed by atoms with E-state index in [9.17, 15) is 4.79 Å². The van der Waals surface area contributed by atoms with E-state index in [1.165, 1.54) is 16.7 Å². The van der Waals surface area contributed by atoms with Crippen LogP contribution in [0.4, 0.5) is 0 Å². The Morgan fingerprint density at radius 3 is 1.88 bits per heavy atom. The lowest BCUT2D eigenvalue weighted by Crippen LogP contribution is -2.15. The lowest BCUT2D eigenvalue weighted by Gasteiger charge is -2.29.